The Balaban J connectivity index is 0. The summed E-state index contributed by atoms with van der Waals surface area (Å²) in [5, 5.41) is 0. The average molecular weight is 254 g/mol. The Hall–Kier alpha value is -0.697. The molecule has 1 heterocycles. The molecule has 0 saturated carbocycles. The number of hydrogen-bond donors (Lipinski definition) is 2. The molecule has 5 heteroatoms. The van der Waals surface area contributed by atoms with Crippen LogP contribution < -0.4 is 11.5 Å². The molecule has 12 heavy (non-hydrogen) atoms. The van der Waals surface area contributed by atoms with Gasteiger partial charge in [0, 0.05) is 5.82 Å². The molecule has 1 rings (SSSR count). The van der Waals surface area contributed by atoms with Crippen LogP contribution in [0.15, 0.2) is 0 Å². The van der Waals surface area contributed by atoms with Crippen LogP contribution >= 0.6 is 0 Å². The van der Waals surface area contributed by atoms with Crippen LogP contribution in [-0.2, 0) is 19.5 Å². The van der Waals surface area contributed by atoms with E-state index >= 15 is 0 Å². The van der Waals surface area contributed by atoms with Gasteiger partial charge in [0.25, 0.3) is 0 Å². The van der Waals surface area contributed by atoms with Crippen LogP contribution in [0.5, 0.6) is 0 Å². The van der Waals surface area contributed by atoms with E-state index in [9.17, 15) is 0 Å². The standard InChI is InChI=1S/C5H7N4.C2H6.Ru/c1-3-5(7)9-4(6)2-8-3;1-2;/h1H3,(H4,6,7,9);1-2H3;/q-1;;+1. The number of aromatic nitrogens is 2. The molecule has 0 bridgehead atoms. The molecular formula is C7H13N4Ru. The number of hydrogen-bond acceptors (Lipinski definition) is 4. The summed E-state index contributed by atoms with van der Waals surface area (Å²) in [5.74, 6) is 0.601. The summed E-state index contributed by atoms with van der Waals surface area (Å²) in [5.41, 5.74) is 11.2. The van der Waals surface area contributed by atoms with E-state index in [1.165, 1.54) is 0 Å². The van der Waals surface area contributed by atoms with Gasteiger partial charge in [0.15, 0.2) is 0 Å². The van der Waals surface area contributed by atoms with E-state index in [0.717, 1.165) is 0 Å². The molecule has 0 aliphatic heterocycles. The Bertz CT molecular complexity index is 227. The summed E-state index contributed by atoms with van der Waals surface area (Å²) in [6.07, 6.45) is 2.48. The summed E-state index contributed by atoms with van der Waals surface area (Å²) < 4.78 is 0. The molecule has 0 unspecified atom stereocenters. The van der Waals surface area contributed by atoms with Gasteiger partial charge in [-0.3, -0.25) is 4.98 Å². The van der Waals surface area contributed by atoms with Crippen molar-refractivity contribution in [1.82, 2.24) is 9.97 Å². The number of nitrogens with two attached hydrogens (primary N) is 2. The minimum atomic E-state index is 0. The second-order valence-electron chi connectivity index (χ2n) is 1.69. The number of rotatable bonds is 0. The molecule has 0 spiro atoms. The molecule has 0 saturated heterocycles. The topological polar surface area (TPSA) is 77.8 Å². The van der Waals surface area contributed by atoms with Gasteiger partial charge in [-0.05, 0) is 0 Å². The molecule has 0 aliphatic carbocycles. The van der Waals surface area contributed by atoms with E-state index in [1.54, 1.807) is 6.92 Å². The zero-order chi connectivity index (χ0) is 8.85. The van der Waals surface area contributed by atoms with Crippen molar-refractivity contribution in [3.8, 4) is 0 Å². The predicted molar refractivity (Wildman–Crippen MR) is 45.8 cm³/mol. The summed E-state index contributed by atoms with van der Waals surface area (Å²) in [4.78, 5) is 7.45. The molecule has 0 aromatic carbocycles. The van der Waals surface area contributed by atoms with Crippen molar-refractivity contribution >= 4 is 11.6 Å². The molecule has 1 aromatic heterocycles. The van der Waals surface area contributed by atoms with E-state index in [1.807, 2.05) is 13.8 Å². The Morgan fingerprint density at radius 1 is 1.25 bits per heavy atom. The largest absolute Gasteiger partial charge is 1.00 e. The van der Waals surface area contributed by atoms with Crippen LogP contribution in [0.4, 0.5) is 11.6 Å². The van der Waals surface area contributed by atoms with Crippen molar-refractivity contribution < 1.29 is 19.5 Å². The van der Waals surface area contributed by atoms with E-state index in [4.69, 9.17) is 11.5 Å². The molecular weight excluding hydrogens is 241 g/mol. The maximum atomic E-state index is 5.35. The van der Waals surface area contributed by atoms with Crippen molar-refractivity contribution in [2.45, 2.75) is 20.8 Å². The smallest absolute Gasteiger partial charge is 0.449 e. The van der Waals surface area contributed by atoms with Crippen LogP contribution in [0.2, 0.25) is 0 Å². The normalized spacial score (nSPS) is 7.58. The number of nitrogen functional groups attached to an aromatic ring is 2. The minimum absolute atomic E-state index is 0. The monoisotopic (exact) mass is 255 g/mol. The minimum Gasteiger partial charge on any atom is -0.449 e. The molecule has 0 amide bonds. The Morgan fingerprint density at radius 3 is 2.08 bits per heavy atom. The average Bonchev–Trinajstić information content (AvgIpc) is 2.02. The zero-order valence-electron chi connectivity index (χ0n) is 7.40. The maximum Gasteiger partial charge on any atom is 1.00 e. The van der Waals surface area contributed by atoms with E-state index in [-0.39, 0.29) is 25.3 Å². The summed E-state index contributed by atoms with van der Waals surface area (Å²) >= 11 is 0. The van der Waals surface area contributed by atoms with Gasteiger partial charge in [-0.1, -0.05) is 26.5 Å². The third-order valence-corrected chi connectivity index (χ3v) is 0.950. The van der Waals surface area contributed by atoms with Crippen LogP contribution in [0.1, 0.15) is 19.5 Å². The van der Waals surface area contributed by atoms with Crippen molar-refractivity contribution in [3.63, 3.8) is 0 Å². The van der Waals surface area contributed by atoms with Crippen molar-refractivity contribution in [1.29, 1.82) is 0 Å². The molecule has 0 aliphatic rings. The van der Waals surface area contributed by atoms with Crippen LogP contribution in [0.3, 0.4) is 0 Å². The maximum absolute atomic E-state index is 5.35. The Labute approximate surface area is 85.5 Å². The molecule has 4 nitrogen and oxygen atoms in total. The fourth-order valence-electron chi connectivity index (χ4n) is 0.434. The first kappa shape index (κ1) is 13.9. The second-order valence-corrected chi connectivity index (χ2v) is 1.69. The van der Waals surface area contributed by atoms with Crippen LogP contribution in [0.25, 0.3) is 0 Å². The van der Waals surface area contributed by atoms with Gasteiger partial charge in [-0.25, -0.2) is 0 Å². The number of anilines is 2. The SMILES string of the molecule is CC.Cc1n[c-]c(N)nc1N.[Ru+]. The zero-order valence-corrected chi connectivity index (χ0v) is 9.14. The van der Waals surface area contributed by atoms with E-state index in [2.05, 4.69) is 16.2 Å². The quantitative estimate of drug-likeness (QED) is 0.529. The van der Waals surface area contributed by atoms with Crippen LogP contribution in [0, 0.1) is 13.1 Å². The van der Waals surface area contributed by atoms with E-state index in [0.29, 0.717) is 11.5 Å². The van der Waals surface area contributed by atoms with Gasteiger partial charge < -0.3 is 16.5 Å². The Kier molecular flexibility index (Phi) is 8.06. The van der Waals surface area contributed by atoms with Gasteiger partial charge >= 0.3 is 19.5 Å². The molecule has 0 atom stereocenters. The molecule has 0 fully saturated rings. The summed E-state index contributed by atoms with van der Waals surface area (Å²) in [7, 11) is 0. The second kappa shape index (κ2) is 6.98. The first-order valence-corrected chi connectivity index (χ1v) is 3.47. The van der Waals surface area contributed by atoms with Gasteiger partial charge in [0.05, 0.1) is 5.82 Å². The first-order chi connectivity index (χ1) is 5.20. The first-order valence-electron chi connectivity index (χ1n) is 3.47. The number of nitrogens with zero attached hydrogens (tertiary/aromatic N) is 2. The fourth-order valence-corrected chi connectivity index (χ4v) is 0.434. The third kappa shape index (κ3) is 4.24. The van der Waals surface area contributed by atoms with Gasteiger partial charge in [0.2, 0.25) is 0 Å². The molecule has 1 radical (unpaired) electrons. The van der Waals surface area contributed by atoms with Crippen molar-refractivity contribution in [2.24, 2.45) is 0 Å². The van der Waals surface area contributed by atoms with Gasteiger partial charge in [-0.15, -0.1) is 6.20 Å². The molecule has 4 N–H and O–H groups in total. The summed E-state index contributed by atoms with van der Waals surface area (Å²) in [6, 6.07) is 0. The fraction of sp³-hybridized carbons (Fsp3) is 0.429. The molecule has 1 aromatic rings. The molecule has 69 valence electrons. The van der Waals surface area contributed by atoms with Crippen LogP contribution in [-0.4, -0.2) is 9.97 Å². The van der Waals surface area contributed by atoms with Gasteiger partial charge in [-0.2, -0.15) is 0 Å². The Morgan fingerprint density at radius 2 is 1.75 bits per heavy atom. The van der Waals surface area contributed by atoms with Crippen molar-refractivity contribution in [2.75, 3.05) is 11.5 Å². The van der Waals surface area contributed by atoms with E-state index < -0.39 is 0 Å². The van der Waals surface area contributed by atoms with Gasteiger partial charge in [0.1, 0.15) is 0 Å². The van der Waals surface area contributed by atoms with Crippen molar-refractivity contribution in [3.05, 3.63) is 11.9 Å². The third-order valence-electron chi connectivity index (χ3n) is 0.950. The predicted octanol–water partition coefficient (Wildman–Crippen LogP) is 0.773. The summed E-state index contributed by atoms with van der Waals surface area (Å²) in [6.45, 7) is 5.75. The number of aryl methyl sites for hydroxylation is 1.